The van der Waals surface area contributed by atoms with Gasteiger partial charge in [0.25, 0.3) is 11.8 Å². The number of para-hydroxylation sites is 1. The molecule has 0 fully saturated rings. The topological polar surface area (TPSA) is 75.4 Å². The summed E-state index contributed by atoms with van der Waals surface area (Å²) >= 11 is 1.24. The van der Waals surface area contributed by atoms with Gasteiger partial charge in [-0.05, 0) is 19.1 Å². The Labute approximate surface area is 125 Å². The van der Waals surface area contributed by atoms with E-state index in [0.717, 1.165) is 10.6 Å². The quantitative estimate of drug-likeness (QED) is 0.860. The van der Waals surface area contributed by atoms with Crippen LogP contribution in [0.5, 0.6) is 0 Å². The number of nitrogens with zero attached hydrogens (tertiary/aromatic N) is 2. The Balaban J connectivity index is 1.94. The Morgan fingerprint density at radius 3 is 2.86 bits per heavy atom. The summed E-state index contributed by atoms with van der Waals surface area (Å²) in [5.74, 6) is -0.406. The van der Waals surface area contributed by atoms with Crippen molar-refractivity contribution in [2.45, 2.75) is 16.6 Å². The zero-order valence-corrected chi connectivity index (χ0v) is 12.3. The lowest BCUT2D eigenvalue weighted by Crippen LogP contribution is -2.53. The maximum absolute atomic E-state index is 12.6. The van der Waals surface area contributed by atoms with Crippen LogP contribution in [0.1, 0.15) is 6.92 Å². The maximum atomic E-state index is 12.6. The Bertz CT molecular complexity index is 701. The van der Waals surface area contributed by atoms with Crippen molar-refractivity contribution >= 4 is 35.1 Å². The minimum atomic E-state index is -1.25. The van der Waals surface area contributed by atoms with E-state index in [-0.39, 0.29) is 11.7 Å². The number of nitrogens with one attached hydrogen (secondary N) is 1. The molecule has 7 heteroatoms. The maximum Gasteiger partial charge on any atom is 0.252 e. The van der Waals surface area contributed by atoms with Gasteiger partial charge < -0.3 is 14.7 Å². The van der Waals surface area contributed by atoms with Crippen LogP contribution < -0.4 is 10.2 Å². The average Bonchev–Trinajstić information content (AvgIpc) is 2.98. The van der Waals surface area contributed by atoms with Gasteiger partial charge in [-0.2, -0.15) is 0 Å². The molecule has 108 valence electrons. The van der Waals surface area contributed by atoms with E-state index in [9.17, 15) is 9.59 Å². The molecule has 2 amide bonds. The number of rotatable bonds is 2. The number of benzene rings is 1. The Hall–Kier alpha value is -2.28. The monoisotopic (exact) mass is 303 g/mol. The van der Waals surface area contributed by atoms with Crippen molar-refractivity contribution < 1.29 is 14.1 Å². The number of aromatic nitrogens is 1. The fraction of sp³-hybridized carbons (Fsp3) is 0.214. The fourth-order valence-corrected chi connectivity index (χ4v) is 3.43. The van der Waals surface area contributed by atoms with E-state index in [1.54, 1.807) is 14.0 Å². The van der Waals surface area contributed by atoms with Crippen LogP contribution in [0.2, 0.25) is 0 Å². The average molecular weight is 303 g/mol. The Morgan fingerprint density at radius 2 is 2.14 bits per heavy atom. The zero-order chi connectivity index (χ0) is 15.0. The molecule has 0 saturated heterocycles. The molecule has 0 aliphatic carbocycles. The van der Waals surface area contributed by atoms with Gasteiger partial charge in [-0.1, -0.05) is 29.1 Å². The molecular weight excluding hydrogens is 290 g/mol. The molecule has 1 atom stereocenters. The molecule has 6 nitrogen and oxygen atoms in total. The zero-order valence-electron chi connectivity index (χ0n) is 11.5. The minimum absolute atomic E-state index is 0.271. The van der Waals surface area contributed by atoms with Gasteiger partial charge in [0.1, 0.15) is 6.26 Å². The third kappa shape index (κ3) is 2.19. The van der Waals surface area contributed by atoms with Crippen molar-refractivity contribution in [2.24, 2.45) is 0 Å². The van der Waals surface area contributed by atoms with Gasteiger partial charge in [-0.15, -0.1) is 0 Å². The van der Waals surface area contributed by atoms with Crippen LogP contribution >= 0.6 is 11.8 Å². The Kier molecular flexibility index (Phi) is 3.21. The predicted molar refractivity (Wildman–Crippen MR) is 79.2 cm³/mol. The summed E-state index contributed by atoms with van der Waals surface area (Å²) in [5.41, 5.74) is 0.805. The standard InChI is InChI=1S/C14H13N3O3S/c1-14(12(18)15-11-7-8-20-16-11)13(19)17(2)9-5-3-4-6-10(9)21-14/h3-8H,1-2H3,(H,15,16,18). The second-order valence-electron chi connectivity index (χ2n) is 4.81. The van der Waals surface area contributed by atoms with Gasteiger partial charge in [0.05, 0.1) is 5.69 Å². The summed E-state index contributed by atoms with van der Waals surface area (Å²) in [5, 5.41) is 6.23. The molecule has 3 rings (SSSR count). The smallest absolute Gasteiger partial charge is 0.252 e. The lowest BCUT2D eigenvalue weighted by molar-refractivity contribution is -0.128. The van der Waals surface area contributed by atoms with Crippen LogP contribution in [0.4, 0.5) is 11.5 Å². The molecule has 1 N–H and O–H groups in total. The summed E-state index contributed by atoms with van der Waals surface area (Å²) in [7, 11) is 1.67. The van der Waals surface area contributed by atoms with Gasteiger partial charge in [-0.25, -0.2) is 0 Å². The largest absolute Gasteiger partial charge is 0.363 e. The van der Waals surface area contributed by atoms with Crippen LogP contribution in [0.15, 0.2) is 46.0 Å². The highest BCUT2D eigenvalue weighted by Gasteiger charge is 2.48. The van der Waals surface area contributed by atoms with Crippen LogP contribution in [0, 0.1) is 0 Å². The summed E-state index contributed by atoms with van der Waals surface area (Å²) in [6, 6.07) is 9.02. The number of hydrogen-bond acceptors (Lipinski definition) is 5. The minimum Gasteiger partial charge on any atom is -0.363 e. The first-order valence-electron chi connectivity index (χ1n) is 6.30. The van der Waals surface area contributed by atoms with Crippen LogP contribution in [-0.2, 0) is 9.59 Å². The third-order valence-electron chi connectivity index (χ3n) is 3.37. The number of thioether (sulfide) groups is 1. The first-order chi connectivity index (χ1) is 10.0. The molecule has 2 aromatic rings. The molecule has 21 heavy (non-hydrogen) atoms. The number of carbonyl (C=O) groups is 2. The fourth-order valence-electron chi connectivity index (χ4n) is 2.17. The number of fused-ring (bicyclic) bond motifs is 1. The van der Waals surface area contributed by atoms with Crippen molar-refractivity contribution in [2.75, 3.05) is 17.3 Å². The summed E-state index contributed by atoms with van der Waals surface area (Å²) in [4.78, 5) is 27.5. The van der Waals surface area contributed by atoms with Crippen molar-refractivity contribution in [3.05, 3.63) is 36.6 Å². The van der Waals surface area contributed by atoms with Crippen molar-refractivity contribution in [3.8, 4) is 0 Å². The number of amides is 2. The van der Waals surface area contributed by atoms with E-state index in [4.69, 9.17) is 0 Å². The van der Waals surface area contributed by atoms with Gasteiger partial charge in [-0.3, -0.25) is 9.59 Å². The van der Waals surface area contributed by atoms with Gasteiger partial charge in [0, 0.05) is 18.0 Å². The first kappa shape index (κ1) is 13.7. The van der Waals surface area contributed by atoms with E-state index in [1.165, 1.54) is 29.0 Å². The SMILES string of the molecule is CN1C(=O)C(C)(C(=O)Nc2ccon2)Sc2ccccc21. The lowest BCUT2D eigenvalue weighted by Gasteiger charge is -2.36. The van der Waals surface area contributed by atoms with E-state index in [0.29, 0.717) is 0 Å². The highest BCUT2D eigenvalue weighted by atomic mass is 32.2. The van der Waals surface area contributed by atoms with Crippen LogP contribution in [0.25, 0.3) is 0 Å². The summed E-state index contributed by atoms with van der Waals surface area (Å²) in [6.45, 7) is 1.61. The molecule has 0 bridgehead atoms. The van der Waals surface area contributed by atoms with Gasteiger partial charge in [0.15, 0.2) is 10.6 Å². The van der Waals surface area contributed by atoms with Crippen molar-refractivity contribution in [1.29, 1.82) is 0 Å². The van der Waals surface area contributed by atoms with Crippen LogP contribution in [0.3, 0.4) is 0 Å². The van der Waals surface area contributed by atoms with Gasteiger partial charge in [0.2, 0.25) is 0 Å². The van der Waals surface area contributed by atoms with Crippen LogP contribution in [-0.4, -0.2) is 28.8 Å². The van der Waals surface area contributed by atoms with E-state index in [2.05, 4.69) is 15.0 Å². The summed E-state index contributed by atoms with van der Waals surface area (Å²) in [6.07, 6.45) is 1.36. The van der Waals surface area contributed by atoms with Crippen molar-refractivity contribution in [1.82, 2.24) is 5.16 Å². The molecule has 1 aliphatic rings. The highest BCUT2D eigenvalue weighted by Crippen LogP contribution is 2.45. The Morgan fingerprint density at radius 1 is 1.38 bits per heavy atom. The molecule has 1 unspecified atom stereocenters. The number of carbonyl (C=O) groups excluding carboxylic acids is 2. The second-order valence-corrected chi connectivity index (χ2v) is 6.27. The van der Waals surface area contributed by atoms with E-state index >= 15 is 0 Å². The first-order valence-corrected chi connectivity index (χ1v) is 7.12. The molecular formula is C14H13N3O3S. The van der Waals surface area contributed by atoms with E-state index < -0.39 is 10.7 Å². The predicted octanol–water partition coefficient (Wildman–Crippen LogP) is 2.14. The highest BCUT2D eigenvalue weighted by molar-refractivity contribution is 8.02. The molecule has 1 aromatic carbocycles. The van der Waals surface area contributed by atoms with E-state index in [1.807, 2.05) is 24.3 Å². The molecule has 0 spiro atoms. The third-order valence-corrected chi connectivity index (χ3v) is 4.70. The lowest BCUT2D eigenvalue weighted by atomic mass is 10.1. The van der Waals surface area contributed by atoms with Gasteiger partial charge >= 0.3 is 0 Å². The second kappa shape index (κ2) is 4.92. The number of anilines is 2. The number of hydrogen-bond donors (Lipinski definition) is 1. The molecule has 1 aromatic heterocycles. The summed E-state index contributed by atoms with van der Waals surface area (Å²) < 4.78 is 3.43. The van der Waals surface area contributed by atoms with Crippen molar-refractivity contribution in [3.63, 3.8) is 0 Å². The molecule has 1 aliphatic heterocycles. The molecule has 2 heterocycles. The molecule has 0 radical (unpaired) electrons. The molecule has 0 saturated carbocycles. The normalized spacial score (nSPS) is 21.0.